The second-order valence-corrected chi connectivity index (χ2v) is 17.0. The lowest BCUT2D eigenvalue weighted by Gasteiger charge is -2.48. The summed E-state index contributed by atoms with van der Waals surface area (Å²) in [4.78, 5) is 15.2. The Morgan fingerprint density at radius 3 is 2.32 bits per heavy atom. The van der Waals surface area contributed by atoms with Crippen LogP contribution in [0.2, 0.25) is 0 Å². The number of likely N-dealkylation sites (N-methyl/N-ethyl adjacent to an activating group) is 1. The van der Waals surface area contributed by atoms with E-state index in [9.17, 15) is 20.1 Å². The van der Waals surface area contributed by atoms with Crippen molar-refractivity contribution in [1.29, 1.82) is 0 Å². The molecule has 0 aromatic rings. The van der Waals surface area contributed by atoms with Gasteiger partial charge in [0, 0.05) is 18.0 Å². The summed E-state index contributed by atoms with van der Waals surface area (Å²) in [6.45, 7) is 17.4. The standard InChI is InChI=1S/C46H71N3O8/c1-30(2)26-36-27-33(5)19-13-12-16-25-45(8,52)38(22-15-14-18-31(3)20-17-21-32(4)23-24-34(6)48-43(36)51)57-44-40(47)41(50)37(29-54-44)56-39-28-46(9,53)42(49(10)11)35(7)55-39/h12-23,25,27,30,34-35,37-42,44,50,52-53H,24,26,28-29,47H2,1-11H3,(H,48,51)/b13-12+,18-14-,21-17+,22-15-,25-16+,31-20-,32-23-,33-19-,36-27-/t34-,35+,37+,38-,39-,40+,41-,42+,44-,45+,46+/m0/s1. The topological polar surface area (TPSA) is 156 Å². The minimum absolute atomic E-state index is 0.0258. The Kier molecular flexibility index (Phi) is 18.8. The Morgan fingerprint density at radius 1 is 0.965 bits per heavy atom. The maximum Gasteiger partial charge on any atom is 0.247 e. The van der Waals surface area contributed by atoms with Crippen LogP contribution in [-0.2, 0) is 23.7 Å². The van der Waals surface area contributed by atoms with Crippen molar-refractivity contribution in [2.24, 2.45) is 11.7 Å². The summed E-state index contributed by atoms with van der Waals surface area (Å²) in [6, 6.07) is -1.28. The molecule has 11 heteroatoms. The van der Waals surface area contributed by atoms with Crippen LogP contribution in [0.5, 0.6) is 0 Å². The number of nitrogens with two attached hydrogens (primary N) is 1. The zero-order valence-electron chi connectivity index (χ0n) is 36.1. The van der Waals surface area contributed by atoms with Gasteiger partial charge in [0.15, 0.2) is 12.6 Å². The average Bonchev–Trinajstić information content (AvgIpc) is 3.09. The molecule has 2 fully saturated rings. The molecule has 0 spiro atoms. The van der Waals surface area contributed by atoms with Crippen LogP contribution >= 0.6 is 0 Å². The van der Waals surface area contributed by atoms with Gasteiger partial charge in [-0.15, -0.1) is 0 Å². The Labute approximate surface area is 342 Å². The van der Waals surface area contributed by atoms with Gasteiger partial charge in [-0.05, 0) is 81.3 Å². The number of hydrogen-bond donors (Lipinski definition) is 5. The highest BCUT2D eigenvalue weighted by Gasteiger charge is 2.48. The van der Waals surface area contributed by atoms with Crippen LogP contribution in [0.4, 0.5) is 0 Å². The number of hydrogen-bond acceptors (Lipinski definition) is 10. The molecule has 11 nitrogen and oxygen atoms in total. The van der Waals surface area contributed by atoms with E-state index >= 15 is 0 Å². The molecule has 0 aliphatic carbocycles. The fraction of sp³-hybridized carbons (Fsp3) is 0.587. The molecule has 6 N–H and O–H groups in total. The minimum Gasteiger partial charge on any atom is -0.388 e. The fourth-order valence-electron chi connectivity index (χ4n) is 7.34. The van der Waals surface area contributed by atoms with Crippen molar-refractivity contribution in [3.8, 4) is 0 Å². The molecule has 0 unspecified atom stereocenters. The summed E-state index contributed by atoms with van der Waals surface area (Å²) >= 11 is 0. The van der Waals surface area contributed by atoms with E-state index in [-0.39, 0.29) is 37.1 Å². The van der Waals surface area contributed by atoms with Crippen LogP contribution in [0, 0.1) is 5.92 Å². The first-order valence-corrected chi connectivity index (χ1v) is 20.2. The number of amides is 1. The number of rotatable bonds is 7. The van der Waals surface area contributed by atoms with Crippen molar-refractivity contribution < 1.29 is 39.1 Å². The van der Waals surface area contributed by atoms with Gasteiger partial charge in [-0.2, -0.15) is 0 Å². The van der Waals surface area contributed by atoms with Crippen LogP contribution < -0.4 is 11.1 Å². The van der Waals surface area contributed by atoms with E-state index in [0.717, 1.165) is 22.3 Å². The predicted molar refractivity (Wildman–Crippen MR) is 228 cm³/mol. The molecule has 318 valence electrons. The molecule has 0 radical (unpaired) electrons. The van der Waals surface area contributed by atoms with Crippen LogP contribution in [0.3, 0.4) is 0 Å². The fourth-order valence-corrected chi connectivity index (χ4v) is 7.34. The van der Waals surface area contributed by atoms with Gasteiger partial charge < -0.3 is 50.2 Å². The van der Waals surface area contributed by atoms with Gasteiger partial charge in [-0.25, -0.2) is 0 Å². The van der Waals surface area contributed by atoms with Crippen LogP contribution in [0.1, 0.15) is 81.6 Å². The molecule has 3 aliphatic heterocycles. The zero-order chi connectivity index (χ0) is 42.5. The monoisotopic (exact) mass is 794 g/mol. The van der Waals surface area contributed by atoms with Gasteiger partial charge in [0.25, 0.3) is 0 Å². The van der Waals surface area contributed by atoms with E-state index in [1.54, 1.807) is 44.2 Å². The second-order valence-electron chi connectivity index (χ2n) is 17.0. The lowest BCUT2D eigenvalue weighted by Crippen LogP contribution is -2.63. The molecule has 3 heterocycles. The van der Waals surface area contributed by atoms with E-state index in [1.165, 1.54) is 0 Å². The number of ether oxygens (including phenoxy) is 4. The number of allylic oxidation sites excluding steroid dienone is 14. The average molecular weight is 794 g/mol. The van der Waals surface area contributed by atoms with Crippen molar-refractivity contribution in [2.75, 3.05) is 20.7 Å². The molecule has 57 heavy (non-hydrogen) atoms. The summed E-state index contributed by atoms with van der Waals surface area (Å²) in [5, 5.41) is 37.4. The summed E-state index contributed by atoms with van der Waals surface area (Å²) < 4.78 is 24.6. The molecule has 3 rings (SSSR count). The van der Waals surface area contributed by atoms with E-state index in [2.05, 4.69) is 25.2 Å². The molecular formula is C46H71N3O8. The highest BCUT2D eigenvalue weighted by Crippen LogP contribution is 2.34. The van der Waals surface area contributed by atoms with Crippen molar-refractivity contribution in [3.63, 3.8) is 0 Å². The predicted octanol–water partition coefficient (Wildman–Crippen LogP) is 5.87. The first-order chi connectivity index (χ1) is 26.7. The van der Waals surface area contributed by atoms with Gasteiger partial charge in [0.05, 0.1) is 30.4 Å². The van der Waals surface area contributed by atoms with E-state index in [4.69, 9.17) is 24.7 Å². The molecule has 11 atom stereocenters. The van der Waals surface area contributed by atoms with Crippen molar-refractivity contribution in [3.05, 3.63) is 107 Å². The van der Waals surface area contributed by atoms with Crippen LogP contribution in [0.25, 0.3) is 0 Å². The smallest absolute Gasteiger partial charge is 0.247 e. The third-order valence-electron chi connectivity index (χ3n) is 10.3. The lowest BCUT2D eigenvalue weighted by molar-refractivity contribution is -0.310. The molecule has 0 saturated carbocycles. The van der Waals surface area contributed by atoms with Gasteiger partial charge >= 0.3 is 0 Å². The largest absolute Gasteiger partial charge is 0.388 e. The maximum atomic E-state index is 13.3. The van der Waals surface area contributed by atoms with Gasteiger partial charge in [0.1, 0.15) is 23.9 Å². The van der Waals surface area contributed by atoms with Crippen molar-refractivity contribution >= 4 is 5.91 Å². The first kappa shape index (κ1) is 48.1. The zero-order valence-corrected chi connectivity index (χ0v) is 36.1. The number of nitrogens with zero attached hydrogens (tertiary/aromatic N) is 1. The minimum atomic E-state index is -1.53. The normalized spacial score (nSPS) is 42.1. The Balaban J connectivity index is 1.86. The van der Waals surface area contributed by atoms with E-state index < -0.39 is 48.1 Å². The number of carbonyl (C=O) groups is 1. The maximum absolute atomic E-state index is 13.3. The van der Waals surface area contributed by atoms with Gasteiger partial charge in [-0.3, -0.25) is 4.79 Å². The summed E-state index contributed by atoms with van der Waals surface area (Å²) in [5.41, 5.74) is 7.63. The highest BCUT2D eigenvalue weighted by atomic mass is 16.7. The quantitative estimate of drug-likeness (QED) is 0.212. The summed E-state index contributed by atoms with van der Waals surface area (Å²) in [5.74, 6) is 0.240. The summed E-state index contributed by atoms with van der Waals surface area (Å²) in [6.07, 6.45) is 22.7. The molecule has 0 aromatic carbocycles. The third kappa shape index (κ3) is 15.5. The van der Waals surface area contributed by atoms with Crippen LogP contribution in [0.15, 0.2) is 107 Å². The van der Waals surface area contributed by atoms with E-state index in [1.807, 2.05) is 102 Å². The Hall–Kier alpha value is -3.23. The molecular weight excluding hydrogens is 723 g/mol. The second kappa shape index (κ2) is 22.2. The molecule has 2 saturated heterocycles. The highest BCUT2D eigenvalue weighted by molar-refractivity contribution is 5.94. The lowest BCUT2D eigenvalue weighted by atomic mass is 9.85. The summed E-state index contributed by atoms with van der Waals surface area (Å²) in [7, 11) is 3.79. The van der Waals surface area contributed by atoms with Gasteiger partial charge in [0.2, 0.25) is 5.91 Å². The third-order valence-corrected chi connectivity index (χ3v) is 10.3. The van der Waals surface area contributed by atoms with Crippen LogP contribution in [-0.4, -0.2) is 113 Å². The number of nitrogens with one attached hydrogen (secondary N) is 1. The first-order valence-electron chi connectivity index (χ1n) is 20.2. The molecule has 1 amide bonds. The van der Waals surface area contributed by atoms with Crippen molar-refractivity contribution in [1.82, 2.24) is 10.2 Å². The Morgan fingerprint density at radius 2 is 1.65 bits per heavy atom. The number of aliphatic hydroxyl groups excluding tert-OH is 1. The molecule has 0 aromatic heterocycles. The van der Waals surface area contributed by atoms with Crippen molar-refractivity contribution in [2.45, 2.75) is 148 Å². The Bertz CT molecular complexity index is 1600. The number of aliphatic hydroxyl groups is 3. The van der Waals surface area contributed by atoms with E-state index in [0.29, 0.717) is 18.8 Å². The number of carbonyl (C=O) groups excluding carboxylic acids is 1. The SMILES string of the molecule is CC1=C/C=C/C=C/[C@@](C)(O)[C@@H](O[C@@H]2OC[C@@H](O[C@H]3C[C@@](C)(O)[C@H](N(C)C)[C@@H](C)O3)[C@H](O)[C@H]2N)\C=C/C=C\C(C)=C/C=C/C(C)=C\C[C@H](C)NC(=O)/C(CC(C)C)=C\1. The molecule has 0 bridgehead atoms. The molecule has 3 aliphatic rings. The van der Waals surface area contributed by atoms with Gasteiger partial charge in [-0.1, -0.05) is 116 Å².